The number of ketones is 2. The summed E-state index contributed by atoms with van der Waals surface area (Å²) in [5.74, 6) is 10.8. The number of carbonyl (C=O) groups is 6. The van der Waals surface area contributed by atoms with Crippen LogP contribution in [0, 0.1) is 69.2 Å². The largest absolute Gasteiger partial charge is 0.480 e. The summed E-state index contributed by atoms with van der Waals surface area (Å²) in [6.07, 6.45) is 18.5. The SMILES string of the molecule is C=CC(=O)OCC.CC(=O)CC(C)=O.CC/C=C/c1nc2nc(C)cc(C)n2n1.CCCCc1nc2nc(C)cc(C)n2n1.COCCc1nc2nc(C)cc(C)n2n1.Cc1cc(C)n2nc(C=O)nc2n1.Cc1cc(C)n2nc(CO)nc2n1.NN=C(N)N.Nc1n[nH]c(CO)n1.O=C(O)CO.O=C=O.O=C=O.O=Cc1nc2ncccn2n1.OCc1nc2ncccn2n1. The van der Waals surface area contributed by atoms with Crippen LogP contribution in [0.5, 0.6) is 0 Å². The molecular formula is C78H104N36O17. The summed E-state index contributed by atoms with van der Waals surface area (Å²) in [5.41, 5.74) is 24.3. The van der Waals surface area contributed by atoms with Crippen LogP contribution >= 0.6 is 0 Å². The Labute approximate surface area is 745 Å². The number of guanidine groups is 1. The summed E-state index contributed by atoms with van der Waals surface area (Å²) in [5, 5.41) is 78.5. The van der Waals surface area contributed by atoms with E-state index < -0.39 is 12.6 Å². The van der Waals surface area contributed by atoms with Gasteiger partial charge in [0.2, 0.25) is 23.6 Å². The van der Waals surface area contributed by atoms with Crippen LogP contribution in [0.1, 0.15) is 173 Å². The van der Waals surface area contributed by atoms with Gasteiger partial charge in [0.15, 0.2) is 47.5 Å². The number of nitrogen functional groups attached to an aromatic ring is 1. The first-order valence-corrected chi connectivity index (χ1v) is 38.7. The molecule has 15 rings (SSSR count). The number of esters is 1. The number of hydrogen-bond donors (Lipinski definition) is 10. The van der Waals surface area contributed by atoms with Crippen LogP contribution in [0.2, 0.25) is 0 Å². The predicted molar refractivity (Wildman–Crippen MR) is 463 cm³/mol. The molecule has 15 heterocycles. The van der Waals surface area contributed by atoms with Gasteiger partial charge in [-0.1, -0.05) is 32.9 Å². The Bertz CT molecular complexity index is 6070. The molecule has 0 fully saturated rings. The van der Waals surface area contributed by atoms with Crippen molar-refractivity contribution < 1.29 is 83.0 Å². The predicted octanol–water partition coefficient (Wildman–Crippen LogP) is 1.72. The van der Waals surface area contributed by atoms with Crippen LogP contribution in [-0.4, -0.2) is 259 Å². The zero-order valence-electron chi connectivity index (χ0n) is 74.7. The summed E-state index contributed by atoms with van der Waals surface area (Å²) < 4.78 is 20.9. The van der Waals surface area contributed by atoms with E-state index in [-0.39, 0.29) is 79.6 Å². The number of nitrogens with zero attached hydrogens (tertiary/aromatic N) is 31. The number of rotatable bonds is 18. The third-order valence-corrected chi connectivity index (χ3v) is 14.8. The van der Waals surface area contributed by atoms with Gasteiger partial charge in [0.05, 0.1) is 19.6 Å². The van der Waals surface area contributed by atoms with Crippen LogP contribution < -0.4 is 23.0 Å². The standard InChI is InChI=1S/C11H16N4.C11H14N4.C10H14N4O.C8H10N4O.C8H8N4O.C6H6N4O.C6H4N4O.2C5H8O2.C3H6N4O.C2H4O3.CH6N4.2CO2/c2*1-4-5-6-10-13-11-12-8(2)7-9(3)15(11)14-10;1-7-6-8(2)14-10(11-7)12-9(13-14)4-5-15-3;2*1-5-3-6(2)12-8(9-5)10-7(4-13)11-12;2*11-4-5-8-6-7-2-1-3-10(6)9-5;1-4(6)3-5(2)7;1-3-5(6)7-4-2;4-3-5-2(1-8)6-7-3;3-1-2(4)5;2-1(3)5-4;2*2-1-3/h7H,4-6H2,1-3H3;5-7H,4H2,1-3H3;6H,4-5H2,1-3H3;3,13H,4H2,1-2H3;3-4H,1-2H3;1-3,11H,4H2;1-4H;3H2,1-2H3;3H,1,4H2,2H3;8H,1H2,(H3,4,5,6,7);3H,1H2,(H,4,5);4H2,(H4,2,3,5);;/b;6-5+;;;;;;;;;;;;. The Morgan fingerprint density at radius 3 is 1.20 bits per heavy atom. The van der Waals surface area contributed by atoms with Crippen molar-refractivity contribution in [3.8, 4) is 0 Å². The van der Waals surface area contributed by atoms with E-state index in [1.807, 2.05) is 116 Å². The van der Waals surface area contributed by atoms with Gasteiger partial charge in [0, 0.05) is 108 Å². The second-order valence-corrected chi connectivity index (χ2v) is 25.8. The first kappa shape index (κ1) is 111. The molecule has 698 valence electrons. The average molecular weight is 1820 g/mol. The normalized spacial score (nSPS) is 9.86. The van der Waals surface area contributed by atoms with E-state index >= 15 is 0 Å². The minimum atomic E-state index is -1.19. The highest BCUT2D eigenvalue weighted by Gasteiger charge is 2.12. The van der Waals surface area contributed by atoms with E-state index in [1.54, 1.807) is 69.0 Å². The van der Waals surface area contributed by atoms with E-state index in [9.17, 15) is 24.0 Å². The number of fused-ring (bicyclic) bond motifs is 7. The first-order chi connectivity index (χ1) is 62.4. The number of unbranched alkanes of at least 4 members (excludes halogenated alkanes) is 1. The highest BCUT2D eigenvalue weighted by atomic mass is 16.5. The number of methoxy groups -OCH3 is 1. The fourth-order valence-corrected chi connectivity index (χ4v) is 9.71. The molecule has 15 aromatic heterocycles. The van der Waals surface area contributed by atoms with Crippen molar-refractivity contribution in [2.24, 2.45) is 22.4 Å². The van der Waals surface area contributed by atoms with E-state index in [0.717, 1.165) is 112 Å². The van der Waals surface area contributed by atoms with Gasteiger partial charge >= 0.3 is 24.2 Å². The average Bonchev–Trinajstić information content (AvgIpc) is 1.68. The molecule has 0 saturated carbocycles. The van der Waals surface area contributed by atoms with E-state index in [0.29, 0.717) is 77.9 Å². The van der Waals surface area contributed by atoms with Gasteiger partial charge in [0.1, 0.15) is 38.0 Å². The number of aldehydes is 2. The molecule has 14 N–H and O–H groups in total. The molecule has 0 radical (unpaired) electrons. The summed E-state index contributed by atoms with van der Waals surface area (Å²) in [6, 6.07) is 13.3. The van der Waals surface area contributed by atoms with E-state index in [4.69, 9.17) is 71.4 Å². The number of Topliss-reactive ketones (excluding diaryl/α,β-unsaturated/α-hetero) is 2. The molecule has 0 atom stereocenters. The molecule has 0 spiro atoms. The first-order valence-electron chi connectivity index (χ1n) is 38.7. The summed E-state index contributed by atoms with van der Waals surface area (Å²) in [4.78, 5) is 154. The quantitative estimate of drug-likeness (QED) is 0.00854. The smallest absolute Gasteiger partial charge is 0.373 e. The Morgan fingerprint density at radius 2 is 0.878 bits per heavy atom. The second kappa shape index (κ2) is 60.2. The number of aromatic nitrogens is 31. The van der Waals surface area contributed by atoms with Crippen molar-refractivity contribution in [1.29, 1.82) is 0 Å². The molecule has 15 aromatic rings. The second-order valence-electron chi connectivity index (χ2n) is 25.8. The number of aromatic amines is 1. The number of allylic oxidation sites excluding steroid dienone is 1. The van der Waals surface area contributed by atoms with Gasteiger partial charge in [-0.05, 0) is 151 Å². The molecule has 0 bridgehead atoms. The highest BCUT2D eigenvalue weighted by molar-refractivity contribution is 5.96. The summed E-state index contributed by atoms with van der Waals surface area (Å²) in [7, 11) is 1.67. The van der Waals surface area contributed by atoms with Gasteiger partial charge < -0.3 is 58.1 Å². The van der Waals surface area contributed by atoms with Crippen molar-refractivity contribution in [3.05, 3.63) is 190 Å². The number of nitrogens with two attached hydrogens (primary N) is 4. The maximum absolute atomic E-state index is 10.4. The number of aliphatic hydroxyl groups is 4. The van der Waals surface area contributed by atoms with Crippen LogP contribution in [0.4, 0.5) is 5.95 Å². The van der Waals surface area contributed by atoms with Gasteiger partial charge in [-0.2, -0.15) is 59.0 Å². The number of anilines is 1. The fraction of sp³-hybridized carbons (Fsp3) is 0.359. The highest BCUT2D eigenvalue weighted by Crippen LogP contribution is 2.12. The van der Waals surface area contributed by atoms with Crippen molar-refractivity contribution >= 4 is 107 Å². The number of carbonyl (C=O) groups excluding carboxylic acids is 9. The number of aliphatic hydroxyl groups excluding tert-OH is 4. The van der Waals surface area contributed by atoms with E-state index in [1.165, 1.54) is 29.3 Å². The van der Waals surface area contributed by atoms with Crippen molar-refractivity contribution in [1.82, 2.24) is 152 Å². The van der Waals surface area contributed by atoms with Gasteiger partial charge in [-0.3, -0.25) is 24.3 Å². The number of H-pyrrole nitrogens is 1. The molecule has 0 aliphatic carbocycles. The number of hydrogen-bond acceptors (Lipinski definition) is 42. The molecule has 0 aliphatic rings. The number of carboxylic acid groups (broad SMARTS) is 1. The van der Waals surface area contributed by atoms with Crippen molar-refractivity contribution in [2.75, 3.05) is 32.7 Å². The summed E-state index contributed by atoms with van der Waals surface area (Å²) in [6.45, 7) is 31.4. The van der Waals surface area contributed by atoms with Crippen LogP contribution in [-0.2, 0) is 80.5 Å². The Hall–Kier alpha value is -16.5. The van der Waals surface area contributed by atoms with E-state index in [2.05, 4.69) is 157 Å². The number of carboxylic acids is 1. The monoisotopic (exact) mass is 1820 g/mol. The lowest BCUT2D eigenvalue weighted by molar-refractivity contribution is -0.193. The van der Waals surface area contributed by atoms with Gasteiger partial charge in [0.25, 0.3) is 40.4 Å². The van der Waals surface area contributed by atoms with Crippen molar-refractivity contribution in [3.63, 3.8) is 0 Å². The number of ether oxygens (including phenoxy) is 2. The molecule has 0 aliphatic heterocycles. The zero-order chi connectivity index (χ0) is 98.2. The third-order valence-electron chi connectivity index (χ3n) is 14.8. The minimum absolute atomic E-state index is 0.0625. The van der Waals surface area contributed by atoms with Gasteiger partial charge in [-0.25, -0.2) is 76.1 Å². The zero-order valence-corrected chi connectivity index (χ0v) is 74.7. The Balaban J connectivity index is 0.000000487. The van der Waals surface area contributed by atoms with Crippen LogP contribution in [0.25, 0.3) is 46.5 Å². The lowest BCUT2D eigenvalue weighted by Gasteiger charge is -1.97. The third kappa shape index (κ3) is 41.0. The molecule has 53 nitrogen and oxygen atoms in total. The lowest BCUT2D eigenvalue weighted by atomic mass is 10.2. The topological polar surface area (TPSA) is 750 Å². The molecule has 131 heavy (non-hydrogen) atoms. The van der Waals surface area contributed by atoms with Crippen LogP contribution in [0.15, 0.2) is 91.1 Å². The summed E-state index contributed by atoms with van der Waals surface area (Å²) >= 11 is 0. The minimum Gasteiger partial charge on any atom is -0.480 e. The molecule has 0 amide bonds. The molecule has 0 saturated heterocycles. The number of aryl methyl sites for hydroxylation is 11. The van der Waals surface area contributed by atoms with Gasteiger partial charge in [-0.15, -0.1) is 45.9 Å². The van der Waals surface area contributed by atoms with Crippen molar-refractivity contribution in [2.45, 2.75) is 162 Å². The Kier molecular flexibility index (Phi) is 50.8. The lowest BCUT2D eigenvalue weighted by Crippen LogP contribution is -2.23. The molecule has 0 unspecified atom stereocenters. The molecule has 0 aromatic carbocycles. The number of hydrazone groups is 1. The molecular weight excluding hydrogens is 1710 g/mol. The number of aliphatic carboxylic acids is 1. The maximum atomic E-state index is 10.4. The maximum Gasteiger partial charge on any atom is 0.373 e. The number of nitrogens with one attached hydrogen (secondary N) is 1. The fourth-order valence-electron chi connectivity index (χ4n) is 9.71. The molecule has 53 heteroatoms. The van der Waals surface area contributed by atoms with Crippen LogP contribution in [0.3, 0.4) is 0 Å². The Morgan fingerprint density at radius 1 is 0.519 bits per heavy atom.